The smallest absolute Gasteiger partial charge is 0.310 e. The first-order valence-corrected chi connectivity index (χ1v) is 7.21. The highest BCUT2D eigenvalue weighted by molar-refractivity contribution is 5.73. The molecule has 1 aliphatic heterocycles. The number of esters is 1. The molecule has 0 bridgehead atoms. The molecule has 0 aliphatic carbocycles. The van der Waals surface area contributed by atoms with E-state index in [2.05, 4.69) is 0 Å². The summed E-state index contributed by atoms with van der Waals surface area (Å²) < 4.78 is 21.3. The molecular weight excluding hydrogens is 272 g/mol. The van der Waals surface area contributed by atoms with E-state index in [9.17, 15) is 4.79 Å². The van der Waals surface area contributed by atoms with Crippen molar-refractivity contribution in [1.82, 2.24) is 0 Å². The highest BCUT2D eigenvalue weighted by Gasteiger charge is 2.17. The monoisotopic (exact) mass is 294 g/mol. The second-order valence-corrected chi connectivity index (χ2v) is 5.03. The van der Waals surface area contributed by atoms with Crippen LogP contribution in [0.1, 0.15) is 24.8 Å². The quantitative estimate of drug-likeness (QED) is 0.754. The molecule has 0 radical (unpaired) electrons. The van der Waals surface area contributed by atoms with Crippen LogP contribution in [0, 0.1) is 0 Å². The average Bonchev–Trinajstić information content (AvgIpc) is 2.54. The van der Waals surface area contributed by atoms with Crippen LogP contribution in [-0.2, 0) is 20.7 Å². The third-order valence-electron chi connectivity index (χ3n) is 3.53. The molecule has 0 N–H and O–H groups in total. The van der Waals surface area contributed by atoms with Crippen LogP contribution in [0.2, 0.25) is 0 Å². The lowest BCUT2D eigenvalue weighted by molar-refractivity contribution is -0.148. The minimum Gasteiger partial charge on any atom is -0.497 e. The van der Waals surface area contributed by atoms with E-state index in [-0.39, 0.29) is 18.5 Å². The third kappa shape index (κ3) is 4.63. The number of benzene rings is 1. The Kier molecular flexibility index (Phi) is 5.87. The lowest BCUT2D eigenvalue weighted by Gasteiger charge is -2.22. The van der Waals surface area contributed by atoms with Gasteiger partial charge in [0.15, 0.2) is 0 Å². The predicted molar refractivity (Wildman–Crippen MR) is 77.8 cm³/mol. The number of rotatable bonds is 6. The Morgan fingerprint density at radius 3 is 2.81 bits per heavy atom. The summed E-state index contributed by atoms with van der Waals surface area (Å²) in [4.78, 5) is 11.9. The van der Waals surface area contributed by atoms with E-state index in [1.54, 1.807) is 32.4 Å². The molecule has 1 heterocycles. The topological polar surface area (TPSA) is 54.0 Å². The fourth-order valence-corrected chi connectivity index (χ4v) is 2.35. The molecule has 1 aromatic rings. The van der Waals surface area contributed by atoms with E-state index in [4.69, 9.17) is 18.9 Å². The number of carbonyl (C=O) groups is 1. The summed E-state index contributed by atoms with van der Waals surface area (Å²) in [6.07, 6.45) is 3.37. The fourth-order valence-electron chi connectivity index (χ4n) is 2.35. The van der Waals surface area contributed by atoms with Gasteiger partial charge in [-0.3, -0.25) is 4.79 Å². The van der Waals surface area contributed by atoms with Gasteiger partial charge in [-0.05, 0) is 37.5 Å². The number of carbonyl (C=O) groups excluding carboxylic acids is 1. The van der Waals surface area contributed by atoms with Crippen molar-refractivity contribution in [1.29, 1.82) is 0 Å². The minimum atomic E-state index is -0.282. The van der Waals surface area contributed by atoms with Gasteiger partial charge in [0.25, 0.3) is 0 Å². The molecule has 1 saturated heterocycles. The van der Waals surface area contributed by atoms with Gasteiger partial charge in [0, 0.05) is 12.2 Å². The van der Waals surface area contributed by atoms with Gasteiger partial charge in [0.2, 0.25) is 0 Å². The van der Waals surface area contributed by atoms with Gasteiger partial charge in [0.1, 0.15) is 18.1 Å². The summed E-state index contributed by atoms with van der Waals surface area (Å²) in [5.41, 5.74) is 0.756. The molecule has 21 heavy (non-hydrogen) atoms. The average molecular weight is 294 g/mol. The van der Waals surface area contributed by atoms with Crippen LogP contribution < -0.4 is 9.47 Å². The zero-order valence-electron chi connectivity index (χ0n) is 12.6. The number of hydrogen-bond acceptors (Lipinski definition) is 5. The number of ether oxygens (including phenoxy) is 4. The van der Waals surface area contributed by atoms with E-state index in [0.717, 1.165) is 31.4 Å². The van der Waals surface area contributed by atoms with Gasteiger partial charge in [0.05, 0.1) is 26.7 Å². The summed E-state index contributed by atoms with van der Waals surface area (Å²) in [7, 11) is 3.16. The first-order chi connectivity index (χ1) is 10.2. The van der Waals surface area contributed by atoms with Crippen LogP contribution in [0.25, 0.3) is 0 Å². The summed E-state index contributed by atoms with van der Waals surface area (Å²) in [6, 6.07) is 5.37. The first-order valence-electron chi connectivity index (χ1n) is 7.21. The van der Waals surface area contributed by atoms with Crippen molar-refractivity contribution in [3.05, 3.63) is 23.8 Å². The molecule has 116 valence electrons. The largest absolute Gasteiger partial charge is 0.497 e. The normalized spacial score (nSPS) is 18.1. The zero-order chi connectivity index (χ0) is 15.1. The van der Waals surface area contributed by atoms with Crippen LogP contribution in [0.4, 0.5) is 0 Å². The molecule has 0 saturated carbocycles. The molecule has 1 unspecified atom stereocenters. The SMILES string of the molecule is COc1ccc(OC)c(CC(=O)OCC2CCCCO2)c1. The number of hydrogen-bond donors (Lipinski definition) is 0. The Balaban J connectivity index is 1.89. The Morgan fingerprint density at radius 2 is 2.14 bits per heavy atom. The lowest BCUT2D eigenvalue weighted by atomic mass is 10.1. The van der Waals surface area contributed by atoms with Crippen LogP contribution in [0.3, 0.4) is 0 Å². The van der Waals surface area contributed by atoms with Crippen molar-refractivity contribution in [2.24, 2.45) is 0 Å². The maximum atomic E-state index is 11.9. The van der Waals surface area contributed by atoms with E-state index in [1.165, 1.54) is 0 Å². The minimum absolute atomic E-state index is 0.0369. The van der Waals surface area contributed by atoms with E-state index >= 15 is 0 Å². The summed E-state index contributed by atoms with van der Waals surface area (Å²) in [5.74, 6) is 1.06. The Hall–Kier alpha value is -1.75. The molecule has 1 aliphatic rings. The van der Waals surface area contributed by atoms with Crippen molar-refractivity contribution in [3.63, 3.8) is 0 Å². The Bertz CT molecular complexity index is 466. The molecule has 1 fully saturated rings. The Morgan fingerprint density at radius 1 is 1.29 bits per heavy atom. The van der Waals surface area contributed by atoms with E-state index in [1.807, 2.05) is 0 Å². The molecule has 0 amide bonds. The standard InChI is InChI=1S/C16H22O5/c1-18-13-6-7-15(19-2)12(9-13)10-16(17)21-11-14-5-3-4-8-20-14/h6-7,9,14H,3-5,8,10-11H2,1-2H3. The highest BCUT2D eigenvalue weighted by Crippen LogP contribution is 2.24. The third-order valence-corrected chi connectivity index (χ3v) is 3.53. The van der Waals surface area contributed by atoms with Gasteiger partial charge in [-0.25, -0.2) is 0 Å². The zero-order valence-corrected chi connectivity index (χ0v) is 12.6. The van der Waals surface area contributed by atoms with Crippen LogP contribution in [-0.4, -0.2) is 39.5 Å². The summed E-state index contributed by atoms with van der Waals surface area (Å²) in [6.45, 7) is 1.08. The van der Waals surface area contributed by atoms with Gasteiger partial charge in [-0.1, -0.05) is 0 Å². The second kappa shape index (κ2) is 7.88. The van der Waals surface area contributed by atoms with Crippen LogP contribution in [0.5, 0.6) is 11.5 Å². The summed E-state index contributed by atoms with van der Waals surface area (Å²) >= 11 is 0. The first kappa shape index (κ1) is 15.6. The molecule has 0 aromatic heterocycles. The van der Waals surface area contributed by atoms with Gasteiger partial charge < -0.3 is 18.9 Å². The molecule has 2 rings (SSSR count). The maximum Gasteiger partial charge on any atom is 0.310 e. The van der Waals surface area contributed by atoms with Gasteiger partial charge in [-0.2, -0.15) is 0 Å². The Labute approximate surface area is 125 Å². The lowest BCUT2D eigenvalue weighted by Crippen LogP contribution is -2.26. The molecule has 1 aromatic carbocycles. The van der Waals surface area contributed by atoms with Gasteiger partial charge in [-0.15, -0.1) is 0 Å². The molecule has 5 heteroatoms. The molecule has 1 atom stereocenters. The van der Waals surface area contributed by atoms with Crippen molar-refractivity contribution < 1.29 is 23.7 Å². The van der Waals surface area contributed by atoms with Crippen molar-refractivity contribution in [2.45, 2.75) is 31.8 Å². The van der Waals surface area contributed by atoms with Crippen LogP contribution >= 0.6 is 0 Å². The van der Waals surface area contributed by atoms with E-state index < -0.39 is 0 Å². The van der Waals surface area contributed by atoms with Crippen molar-refractivity contribution in [3.8, 4) is 11.5 Å². The molecular formula is C16H22O5. The predicted octanol–water partition coefficient (Wildman–Crippen LogP) is 2.36. The highest BCUT2D eigenvalue weighted by atomic mass is 16.6. The van der Waals surface area contributed by atoms with Crippen LogP contribution in [0.15, 0.2) is 18.2 Å². The number of methoxy groups -OCH3 is 2. The van der Waals surface area contributed by atoms with E-state index in [0.29, 0.717) is 18.1 Å². The van der Waals surface area contributed by atoms with Crippen molar-refractivity contribution in [2.75, 3.05) is 27.4 Å². The molecule has 0 spiro atoms. The maximum absolute atomic E-state index is 11.9. The molecule has 5 nitrogen and oxygen atoms in total. The fraction of sp³-hybridized carbons (Fsp3) is 0.562. The van der Waals surface area contributed by atoms with Crippen molar-refractivity contribution >= 4 is 5.97 Å². The van der Waals surface area contributed by atoms with Gasteiger partial charge >= 0.3 is 5.97 Å². The second-order valence-electron chi connectivity index (χ2n) is 5.03. The summed E-state index contributed by atoms with van der Waals surface area (Å²) in [5, 5.41) is 0.